The van der Waals surface area contributed by atoms with E-state index in [4.69, 9.17) is 4.74 Å². The smallest absolute Gasteiger partial charge is 0.114 e. The Morgan fingerprint density at radius 2 is 2.47 bits per heavy atom. The van der Waals surface area contributed by atoms with Crippen LogP contribution in [0.3, 0.4) is 0 Å². The van der Waals surface area contributed by atoms with Gasteiger partial charge < -0.3 is 10.1 Å². The SMILES string of the molecule is CNC(C1=CCCCO1)c1cc(Br)cs1. The summed E-state index contributed by atoms with van der Waals surface area (Å²) in [5, 5.41) is 5.40. The minimum Gasteiger partial charge on any atom is -0.496 e. The largest absolute Gasteiger partial charge is 0.496 e. The van der Waals surface area contributed by atoms with Crippen molar-refractivity contribution in [2.24, 2.45) is 0 Å². The van der Waals surface area contributed by atoms with Gasteiger partial charge in [-0.1, -0.05) is 0 Å². The number of ether oxygens (including phenoxy) is 1. The molecule has 82 valence electrons. The Kier molecular flexibility index (Phi) is 3.83. The highest BCUT2D eigenvalue weighted by Gasteiger charge is 2.19. The van der Waals surface area contributed by atoms with Crippen molar-refractivity contribution in [2.45, 2.75) is 18.9 Å². The zero-order chi connectivity index (χ0) is 10.7. The van der Waals surface area contributed by atoms with Crippen LogP contribution >= 0.6 is 27.3 Å². The van der Waals surface area contributed by atoms with E-state index < -0.39 is 0 Å². The first-order chi connectivity index (χ1) is 7.31. The summed E-state index contributed by atoms with van der Waals surface area (Å²) < 4.78 is 6.82. The highest BCUT2D eigenvalue weighted by Crippen LogP contribution is 2.31. The molecule has 1 aromatic rings. The van der Waals surface area contributed by atoms with E-state index >= 15 is 0 Å². The molecule has 0 radical (unpaired) electrons. The summed E-state index contributed by atoms with van der Waals surface area (Å²) in [6.07, 6.45) is 4.45. The standard InChI is InChI=1S/C11H14BrNOS/c1-13-11(9-4-2-3-5-14-9)10-6-8(12)7-15-10/h4,6-7,11,13H,2-3,5H2,1H3. The molecule has 2 heterocycles. The number of rotatable bonds is 3. The summed E-state index contributed by atoms with van der Waals surface area (Å²) >= 11 is 5.22. The third kappa shape index (κ3) is 2.62. The number of likely N-dealkylation sites (N-methyl/N-ethyl adjacent to an activating group) is 1. The quantitative estimate of drug-likeness (QED) is 0.919. The van der Waals surface area contributed by atoms with E-state index in [1.165, 1.54) is 4.88 Å². The maximum atomic E-state index is 5.68. The molecule has 1 N–H and O–H groups in total. The van der Waals surface area contributed by atoms with Crippen molar-refractivity contribution < 1.29 is 4.74 Å². The molecule has 0 amide bonds. The fourth-order valence-electron chi connectivity index (χ4n) is 1.68. The molecule has 15 heavy (non-hydrogen) atoms. The van der Waals surface area contributed by atoms with Gasteiger partial charge in [0.05, 0.1) is 12.6 Å². The third-order valence-electron chi connectivity index (χ3n) is 2.41. The van der Waals surface area contributed by atoms with Gasteiger partial charge >= 0.3 is 0 Å². The van der Waals surface area contributed by atoms with Gasteiger partial charge in [0, 0.05) is 14.7 Å². The Morgan fingerprint density at radius 3 is 3.00 bits per heavy atom. The molecule has 0 saturated heterocycles. The maximum Gasteiger partial charge on any atom is 0.114 e. The Morgan fingerprint density at radius 1 is 1.60 bits per heavy atom. The van der Waals surface area contributed by atoms with Crippen molar-refractivity contribution >= 4 is 27.3 Å². The van der Waals surface area contributed by atoms with E-state index in [0.717, 1.165) is 29.7 Å². The number of hydrogen-bond donors (Lipinski definition) is 1. The molecule has 2 nitrogen and oxygen atoms in total. The van der Waals surface area contributed by atoms with Crippen LogP contribution in [0.15, 0.2) is 27.8 Å². The Bertz CT molecular complexity index is 361. The van der Waals surface area contributed by atoms with Crippen molar-refractivity contribution in [2.75, 3.05) is 13.7 Å². The topological polar surface area (TPSA) is 21.3 Å². The Hall–Kier alpha value is -0.320. The van der Waals surface area contributed by atoms with E-state index in [9.17, 15) is 0 Å². The van der Waals surface area contributed by atoms with E-state index in [2.05, 4.69) is 38.8 Å². The lowest BCUT2D eigenvalue weighted by molar-refractivity contribution is 0.170. The molecule has 0 saturated carbocycles. The van der Waals surface area contributed by atoms with Gasteiger partial charge in [-0.05, 0) is 48.0 Å². The highest BCUT2D eigenvalue weighted by atomic mass is 79.9. The molecule has 4 heteroatoms. The van der Waals surface area contributed by atoms with Gasteiger partial charge in [-0.2, -0.15) is 0 Å². The van der Waals surface area contributed by atoms with E-state index in [0.29, 0.717) is 0 Å². The summed E-state index contributed by atoms with van der Waals surface area (Å²) in [5.41, 5.74) is 0. The van der Waals surface area contributed by atoms with E-state index in [1.54, 1.807) is 11.3 Å². The van der Waals surface area contributed by atoms with Crippen molar-refractivity contribution in [3.05, 3.63) is 32.6 Å². The summed E-state index contributed by atoms with van der Waals surface area (Å²) in [7, 11) is 1.97. The van der Waals surface area contributed by atoms with Gasteiger partial charge in [-0.3, -0.25) is 0 Å². The fourth-order valence-corrected chi connectivity index (χ4v) is 3.24. The predicted octanol–water partition coefficient (Wildman–Crippen LogP) is 3.47. The molecule has 0 spiro atoms. The second-order valence-electron chi connectivity index (χ2n) is 3.49. The molecule has 2 rings (SSSR count). The lowest BCUT2D eigenvalue weighted by Crippen LogP contribution is -2.21. The van der Waals surface area contributed by atoms with Crippen molar-refractivity contribution in [3.63, 3.8) is 0 Å². The van der Waals surface area contributed by atoms with Gasteiger partial charge in [0.15, 0.2) is 0 Å². The number of thiophene rings is 1. The van der Waals surface area contributed by atoms with Crippen molar-refractivity contribution in [1.29, 1.82) is 0 Å². The average Bonchev–Trinajstić information content (AvgIpc) is 2.68. The van der Waals surface area contributed by atoms with Crippen LogP contribution in [0.5, 0.6) is 0 Å². The number of allylic oxidation sites excluding steroid dienone is 1. The summed E-state index contributed by atoms with van der Waals surface area (Å²) in [6.45, 7) is 0.844. The fraction of sp³-hybridized carbons (Fsp3) is 0.455. The number of halogens is 1. The number of hydrogen-bond acceptors (Lipinski definition) is 3. The Labute approximate surface area is 102 Å². The first-order valence-electron chi connectivity index (χ1n) is 5.05. The zero-order valence-electron chi connectivity index (χ0n) is 8.63. The van der Waals surface area contributed by atoms with Gasteiger partial charge in [0.2, 0.25) is 0 Å². The number of nitrogens with one attached hydrogen (secondary N) is 1. The Balaban J connectivity index is 2.19. The molecule has 1 aromatic heterocycles. The van der Waals surface area contributed by atoms with Crippen LogP contribution in [0.25, 0.3) is 0 Å². The molecular weight excluding hydrogens is 274 g/mol. The molecule has 0 aromatic carbocycles. The molecule has 1 atom stereocenters. The van der Waals surface area contributed by atoms with Crippen LogP contribution in [-0.4, -0.2) is 13.7 Å². The van der Waals surface area contributed by atoms with Gasteiger partial charge in [-0.25, -0.2) is 0 Å². The molecule has 1 unspecified atom stereocenters. The summed E-state index contributed by atoms with van der Waals surface area (Å²) in [5.74, 6) is 1.07. The normalized spacial score (nSPS) is 18.1. The van der Waals surface area contributed by atoms with Crippen LogP contribution < -0.4 is 5.32 Å². The first kappa shape index (κ1) is 11.2. The van der Waals surface area contributed by atoms with E-state index in [-0.39, 0.29) is 6.04 Å². The highest BCUT2D eigenvalue weighted by molar-refractivity contribution is 9.10. The molecule has 0 fully saturated rings. The molecule has 1 aliphatic heterocycles. The van der Waals surface area contributed by atoms with Crippen LogP contribution in [-0.2, 0) is 4.74 Å². The predicted molar refractivity (Wildman–Crippen MR) is 67.1 cm³/mol. The van der Waals surface area contributed by atoms with Gasteiger partial charge in [-0.15, -0.1) is 11.3 Å². The molecule has 1 aliphatic rings. The summed E-state index contributed by atoms with van der Waals surface area (Å²) in [4.78, 5) is 1.29. The molecule has 0 aliphatic carbocycles. The molecular formula is C11H14BrNOS. The maximum absolute atomic E-state index is 5.68. The monoisotopic (exact) mass is 287 g/mol. The average molecular weight is 288 g/mol. The molecule has 0 bridgehead atoms. The van der Waals surface area contributed by atoms with Crippen molar-refractivity contribution in [3.8, 4) is 0 Å². The second-order valence-corrected chi connectivity index (χ2v) is 5.34. The van der Waals surface area contributed by atoms with Gasteiger partial charge in [0.25, 0.3) is 0 Å². The zero-order valence-corrected chi connectivity index (χ0v) is 11.0. The van der Waals surface area contributed by atoms with Crippen LogP contribution in [0.1, 0.15) is 23.8 Å². The van der Waals surface area contributed by atoms with Crippen LogP contribution in [0.4, 0.5) is 0 Å². The van der Waals surface area contributed by atoms with Gasteiger partial charge in [0.1, 0.15) is 5.76 Å². The third-order valence-corrected chi connectivity index (χ3v) is 4.17. The minimum atomic E-state index is 0.210. The van der Waals surface area contributed by atoms with Crippen molar-refractivity contribution in [1.82, 2.24) is 5.32 Å². The minimum absolute atomic E-state index is 0.210. The summed E-state index contributed by atoms with van der Waals surface area (Å²) in [6, 6.07) is 2.35. The van der Waals surface area contributed by atoms with Crippen LogP contribution in [0.2, 0.25) is 0 Å². The second kappa shape index (κ2) is 5.14. The first-order valence-corrected chi connectivity index (χ1v) is 6.72. The lowest BCUT2D eigenvalue weighted by atomic mass is 10.1. The van der Waals surface area contributed by atoms with E-state index in [1.807, 2.05) is 7.05 Å². The van der Waals surface area contributed by atoms with Crippen LogP contribution in [0, 0.1) is 0 Å². The lowest BCUT2D eigenvalue weighted by Gasteiger charge is -2.22.